The van der Waals surface area contributed by atoms with Gasteiger partial charge in [0.2, 0.25) is 0 Å². The van der Waals surface area contributed by atoms with Crippen molar-refractivity contribution in [2.75, 3.05) is 10.6 Å². The zero-order valence-electron chi connectivity index (χ0n) is 13.0. The van der Waals surface area contributed by atoms with Gasteiger partial charge in [-0.1, -0.05) is 50.6 Å². The number of anilines is 2. The Morgan fingerprint density at radius 3 is 1.67 bits per heavy atom. The van der Waals surface area contributed by atoms with Crippen LogP contribution in [0.5, 0.6) is 0 Å². The number of nitrogens with one attached hydrogen (secondary N) is 2. The molecular formula is C18H22N2S. The Bertz CT molecular complexity index is 607. The maximum absolute atomic E-state index is 5.33. The summed E-state index contributed by atoms with van der Waals surface area (Å²) >= 11 is 5.33. The second-order valence-corrected chi connectivity index (χ2v) is 6.68. The van der Waals surface area contributed by atoms with Crippen molar-refractivity contribution >= 4 is 28.7 Å². The van der Waals surface area contributed by atoms with Crippen LogP contribution < -0.4 is 10.6 Å². The molecule has 21 heavy (non-hydrogen) atoms. The van der Waals surface area contributed by atoms with E-state index in [1.807, 2.05) is 12.1 Å². The van der Waals surface area contributed by atoms with Crippen LogP contribution in [0, 0.1) is 6.92 Å². The van der Waals surface area contributed by atoms with Crippen molar-refractivity contribution in [1.82, 2.24) is 0 Å². The fraction of sp³-hybridized carbons (Fsp3) is 0.278. The maximum Gasteiger partial charge on any atom is 0.175 e. The van der Waals surface area contributed by atoms with Gasteiger partial charge in [-0.25, -0.2) is 0 Å². The van der Waals surface area contributed by atoms with Crippen LogP contribution in [0.25, 0.3) is 0 Å². The summed E-state index contributed by atoms with van der Waals surface area (Å²) in [5, 5.41) is 6.99. The second-order valence-electron chi connectivity index (χ2n) is 6.27. The number of thiocarbonyl (C=S) groups is 1. The number of hydrogen-bond acceptors (Lipinski definition) is 1. The lowest BCUT2D eigenvalue weighted by atomic mass is 9.87. The van der Waals surface area contributed by atoms with Gasteiger partial charge in [0.05, 0.1) is 0 Å². The van der Waals surface area contributed by atoms with Crippen molar-refractivity contribution in [2.45, 2.75) is 33.1 Å². The summed E-state index contributed by atoms with van der Waals surface area (Å²) in [7, 11) is 0. The Balaban J connectivity index is 1.98. The molecule has 0 aliphatic heterocycles. The van der Waals surface area contributed by atoms with Gasteiger partial charge in [0.15, 0.2) is 5.11 Å². The zero-order chi connectivity index (χ0) is 15.5. The van der Waals surface area contributed by atoms with Crippen molar-refractivity contribution < 1.29 is 0 Å². The molecular weight excluding hydrogens is 276 g/mol. The van der Waals surface area contributed by atoms with Gasteiger partial charge >= 0.3 is 0 Å². The highest BCUT2D eigenvalue weighted by atomic mass is 32.1. The smallest absolute Gasteiger partial charge is 0.175 e. The van der Waals surface area contributed by atoms with E-state index in [4.69, 9.17) is 12.2 Å². The molecule has 0 radical (unpaired) electrons. The monoisotopic (exact) mass is 298 g/mol. The first-order valence-electron chi connectivity index (χ1n) is 7.10. The minimum Gasteiger partial charge on any atom is -0.332 e. The molecule has 0 aromatic heterocycles. The van der Waals surface area contributed by atoms with Gasteiger partial charge in [0.1, 0.15) is 0 Å². The Kier molecular flexibility index (Phi) is 4.63. The Morgan fingerprint density at radius 2 is 1.24 bits per heavy atom. The minimum atomic E-state index is 0.166. The first-order chi connectivity index (χ1) is 9.84. The summed E-state index contributed by atoms with van der Waals surface area (Å²) in [4.78, 5) is 0. The van der Waals surface area contributed by atoms with E-state index < -0.39 is 0 Å². The number of rotatable bonds is 2. The predicted molar refractivity (Wildman–Crippen MR) is 96.2 cm³/mol. The molecule has 2 nitrogen and oxygen atoms in total. The van der Waals surface area contributed by atoms with Crippen molar-refractivity contribution in [3.05, 3.63) is 59.7 Å². The van der Waals surface area contributed by atoms with Crippen molar-refractivity contribution in [3.8, 4) is 0 Å². The molecule has 110 valence electrons. The molecule has 0 saturated heterocycles. The summed E-state index contributed by atoms with van der Waals surface area (Å²) in [6.07, 6.45) is 0. The van der Waals surface area contributed by atoms with E-state index in [-0.39, 0.29) is 5.41 Å². The van der Waals surface area contributed by atoms with Crippen LogP contribution in [0.4, 0.5) is 11.4 Å². The fourth-order valence-electron chi connectivity index (χ4n) is 1.98. The predicted octanol–water partition coefficient (Wildman–Crippen LogP) is 5.10. The van der Waals surface area contributed by atoms with Crippen LogP contribution in [-0.2, 0) is 5.41 Å². The normalized spacial score (nSPS) is 11.0. The van der Waals surface area contributed by atoms with Gasteiger partial charge in [-0.2, -0.15) is 0 Å². The van der Waals surface area contributed by atoms with E-state index in [1.54, 1.807) is 0 Å². The highest BCUT2D eigenvalue weighted by molar-refractivity contribution is 7.80. The lowest BCUT2D eigenvalue weighted by molar-refractivity contribution is 0.590. The molecule has 0 spiro atoms. The highest BCUT2D eigenvalue weighted by Crippen LogP contribution is 2.23. The van der Waals surface area contributed by atoms with E-state index in [0.717, 1.165) is 11.4 Å². The van der Waals surface area contributed by atoms with E-state index in [2.05, 4.69) is 74.7 Å². The molecule has 2 N–H and O–H groups in total. The average molecular weight is 298 g/mol. The third-order valence-corrected chi connectivity index (χ3v) is 3.52. The van der Waals surface area contributed by atoms with Crippen LogP contribution >= 0.6 is 12.2 Å². The molecule has 2 aromatic carbocycles. The molecule has 0 amide bonds. The van der Waals surface area contributed by atoms with Gasteiger partial charge in [-0.05, 0) is 54.4 Å². The largest absolute Gasteiger partial charge is 0.332 e. The summed E-state index contributed by atoms with van der Waals surface area (Å²) in [5.41, 5.74) is 4.69. The molecule has 0 fully saturated rings. The Morgan fingerprint density at radius 1 is 0.810 bits per heavy atom. The summed E-state index contributed by atoms with van der Waals surface area (Å²) in [5.74, 6) is 0. The van der Waals surface area contributed by atoms with Crippen molar-refractivity contribution in [3.63, 3.8) is 0 Å². The standard InChI is InChI=1S/C18H22N2S/c1-13-5-9-15(10-6-13)19-17(21)20-16-11-7-14(8-12-16)18(2,3)4/h5-12H,1-4H3,(H2,19,20,21). The molecule has 0 atom stereocenters. The van der Waals surface area contributed by atoms with Gasteiger partial charge in [0.25, 0.3) is 0 Å². The van der Waals surface area contributed by atoms with Gasteiger partial charge in [-0.15, -0.1) is 0 Å². The second kappa shape index (κ2) is 6.27. The molecule has 2 rings (SSSR count). The van der Waals surface area contributed by atoms with E-state index in [1.165, 1.54) is 11.1 Å². The van der Waals surface area contributed by atoms with Gasteiger partial charge < -0.3 is 10.6 Å². The van der Waals surface area contributed by atoms with Crippen LogP contribution in [0.15, 0.2) is 48.5 Å². The van der Waals surface area contributed by atoms with E-state index >= 15 is 0 Å². The summed E-state index contributed by atoms with van der Waals surface area (Å²) in [6.45, 7) is 8.69. The fourth-order valence-corrected chi connectivity index (χ4v) is 2.22. The SMILES string of the molecule is Cc1ccc(NC(=S)Nc2ccc(C(C)(C)C)cc2)cc1. The molecule has 0 aliphatic carbocycles. The van der Waals surface area contributed by atoms with Gasteiger partial charge in [-0.3, -0.25) is 0 Å². The molecule has 0 saturated carbocycles. The average Bonchev–Trinajstić information content (AvgIpc) is 2.41. The molecule has 0 aliphatic rings. The Hall–Kier alpha value is -1.87. The van der Waals surface area contributed by atoms with Gasteiger partial charge in [0, 0.05) is 11.4 Å². The summed E-state index contributed by atoms with van der Waals surface area (Å²) < 4.78 is 0. The minimum absolute atomic E-state index is 0.166. The van der Waals surface area contributed by atoms with Crippen LogP contribution in [0.2, 0.25) is 0 Å². The molecule has 0 unspecified atom stereocenters. The zero-order valence-corrected chi connectivity index (χ0v) is 13.8. The summed E-state index contributed by atoms with van der Waals surface area (Å²) in [6, 6.07) is 16.5. The first-order valence-corrected chi connectivity index (χ1v) is 7.51. The van der Waals surface area contributed by atoms with Crippen molar-refractivity contribution in [2.24, 2.45) is 0 Å². The highest BCUT2D eigenvalue weighted by Gasteiger charge is 2.12. The number of hydrogen-bond donors (Lipinski definition) is 2. The third kappa shape index (κ3) is 4.57. The molecule has 0 heterocycles. The lowest BCUT2D eigenvalue weighted by Gasteiger charge is -2.19. The van der Waals surface area contributed by atoms with Crippen LogP contribution in [0.1, 0.15) is 31.9 Å². The topological polar surface area (TPSA) is 24.1 Å². The Labute approximate surface area is 132 Å². The lowest BCUT2D eigenvalue weighted by Crippen LogP contribution is -2.19. The van der Waals surface area contributed by atoms with Crippen molar-refractivity contribution in [1.29, 1.82) is 0 Å². The van der Waals surface area contributed by atoms with E-state index in [9.17, 15) is 0 Å². The van der Waals surface area contributed by atoms with E-state index in [0.29, 0.717) is 5.11 Å². The number of aryl methyl sites for hydroxylation is 1. The van der Waals surface area contributed by atoms with Crippen LogP contribution in [-0.4, -0.2) is 5.11 Å². The molecule has 0 bridgehead atoms. The van der Waals surface area contributed by atoms with Crippen LogP contribution in [0.3, 0.4) is 0 Å². The quantitative estimate of drug-likeness (QED) is 0.754. The third-order valence-electron chi connectivity index (χ3n) is 3.32. The first kappa shape index (κ1) is 15.5. The maximum atomic E-state index is 5.33. The molecule has 3 heteroatoms. The molecule has 2 aromatic rings. The number of benzene rings is 2.